The number of hydrazone groups is 1. The highest BCUT2D eigenvalue weighted by molar-refractivity contribution is 5.95. The summed E-state index contributed by atoms with van der Waals surface area (Å²) < 4.78 is 10.8. The van der Waals surface area contributed by atoms with Crippen molar-refractivity contribution >= 4 is 12.1 Å². The highest BCUT2D eigenvalue weighted by Gasteiger charge is 2.03. The molecule has 0 bridgehead atoms. The topological polar surface area (TPSA) is 59.9 Å². The second kappa shape index (κ2) is 9.20. The van der Waals surface area contributed by atoms with Gasteiger partial charge in [-0.2, -0.15) is 5.10 Å². The van der Waals surface area contributed by atoms with Crippen molar-refractivity contribution in [2.75, 3.05) is 7.11 Å². The smallest absolute Gasteiger partial charge is 0.271 e. The van der Waals surface area contributed by atoms with Gasteiger partial charge in [-0.05, 0) is 59.7 Å². The van der Waals surface area contributed by atoms with Gasteiger partial charge in [-0.15, -0.1) is 0 Å². The molecule has 3 aromatic rings. The second-order valence-electron chi connectivity index (χ2n) is 5.77. The van der Waals surface area contributed by atoms with Gasteiger partial charge in [0.1, 0.15) is 18.1 Å². The molecule has 1 N–H and O–H groups in total. The predicted molar refractivity (Wildman–Crippen MR) is 105 cm³/mol. The van der Waals surface area contributed by atoms with Crippen molar-refractivity contribution in [2.24, 2.45) is 5.10 Å². The summed E-state index contributed by atoms with van der Waals surface area (Å²) in [5.41, 5.74) is 4.99. The van der Waals surface area contributed by atoms with Crippen LogP contribution in [-0.2, 0) is 6.61 Å². The van der Waals surface area contributed by atoms with Crippen LogP contribution in [0.15, 0.2) is 84.0 Å². The van der Waals surface area contributed by atoms with Crippen molar-refractivity contribution in [1.29, 1.82) is 0 Å². The van der Waals surface area contributed by atoms with Gasteiger partial charge in [-0.3, -0.25) is 4.79 Å². The molecule has 0 unspecified atom stereocenters. The maximum absolute atomic E-state index is 12.0. The Hall–Kier alpha value is -3.60. The number of hydrogen-bond acceptors (Lipinski definition) is 4. The van der Waals surface area contributed by atoms with Crippen molar-refractivity contribution in [3.05, 3.63) is 95.6 Å². The molecule has 0 heterocycles. The van der Waals surface area contributed by atoms with Crippen molar-refractivity contribution < 1.29 is 14.3 Å². The average Bonchev–Trinajstić information content (AvgIpc) is 2.74. The Morgan fingerprint density at radius 2 is 1.59 bits per heavy atom. The molecule has 0 aliphatic rings. The molecule has 3 aromatic carbocycles. The van der Waals surface area contributed by atoms with Crippen LogP contribution in [0.3, 0.4) is 0 Å². The Kier molecular flexibility index (Phi) is 6.20. The number of nitrogens with one attached hydrogen (secondary N) is 1. The third-order valence-electron chi connectivity index (χ3n) is 3.86. The summed E-state index contributed by atoms with van der Waals surface area (Å²) in [6.07, 6.45) is 1.59. The van der Waals surface area contributed by atoms with E-state index in [0.29, 0.717) is 17.9 Å². The Morgan fingerprint density at radius 1 is 0.926 bits per heavy atom. The molecule has 0 saturated heterocycles. The standard InChI is InChI=1S/C22H20N2O3/c1-26-20-13-9-19(10-14-20)22(25)24-23-15-17-7-11-21(12-8-17)27-16-18-5-3-2-4-6-18/h2-15H,16H2,1H3,(H,24,25)/b23-15-. The fourth-order valence-corrected chi connectivity index (χ4v) is 2.36. The van der Waals surface area contributed by atoms with Crippen molar-refractivity contribution in [2.45, 2.75) is 6.61 Å². The Balaban J connectivity index is 1.50. The van der Waals surface area contributed by atoms with Crippen LogP contribution in [0, 0.1) is 0 Å². The summed E-state index contributed by atoms with van der Waals surface area (Å²) >= 11 is 0. The number of benzene rings is 3. The summed E-state index contributed by atoms with van der Waals surface area (Å²) in [4.78, 5) is 12.0. The molecule has 1 amide bonds. The van der Waals surface area contributed by atoms with E-state index in [1.807, 2.05) is 54.6 Å². The number of nitrogens with zero attached hydrogens (tertiary/aromatic N) is 1. The van der Waals surface area contributed by atoms with E-state index in [1.165, 1.54) is 0 Å². The zero-order valence-corrected chi connectivity index (χ0v) is 15.0. The largest absolute Gasteiger partial charge is 0.497 e. The minimum atomic E-state index is -0.281. The highest BCUT2D eigenvalue weighted by atomic mass is 16.5. The lowest BCUT2D eigenvalue weighted by atomic mass is 10.2. The Morgan fingerprint density at radius 3 is 2.26 bits per heavy atom. The molecule has 5 heteroatoms. The first-order valence-corrected chi connectivity index (χ1v) is 8.49. The first kappa shape index (κ1) is 18.2. The number of carbonyl (C=O) groups is 1. The van der Waals surface area contributed by atoms with Gasteiger partial charge in [-0.25, -0.2) is 5.43 Å². The highest BCUT2D eigenvalue weighted by Crippen LogP contribution is 2.14. The van der Waals surface area contributed by atoms with Gasteiger partial charge in [0.2, 0.25) is 0 Å². The SMILES string of the molecule is COc1ccc(C(=O)N/N=C\c2ccc(OCc3ccccc3)cc2)cc1. The number of rotatable bonds is 7. The van der Waals surface area contributed by atoms with E-state index in [2.05, 4.69) is 10.5 Å². The minimum Gasteiger partial charge on any atom is -0.497 e. The Labute approximate surface area is 158 Å². The first-order chi connectivity index (χ1) is 13.2. The average molecular weight is 360 g/mol. The van der Waals surface area contributed by atoms with Crippen LogP contribution in [-0.4, -0.2) is 19.2 Å². The number of methoxy groups -OCH3 is 1. The van der Waals surface area contributed by atoms with Gasteiger partial charge in [-0.1, -0.05) is 30.3 Å². The van der Waals surface area contributed by atoms with E-state index in [4.69, 9.17) is 9.47 Å². The Bertz CT molecular complexity index is 889. The van der Waals surface area contributed by atoms with E-state index in [0.717, 1.165) is 16.9 Å². The van der Waals surface area contributed by atoms with Crippen LogP contribution >= 0.6 is 0 Å². The lowest BCUT2D eigenvalue weighted by molar-refractivity contribution is 0.0955. The molecule has 0 aliphatic carbocycles. The maximum atomic E-state index is 12.0. The molecule has 0 atom stereocenters. The predicted octanol–water partition coefficient (Wildman–Crippen LogP) is 4.04. The molecule has 136 valence electrons. The zero-order valence-electron chi connectivity index (χ0n) is 15.0. The van der Waals surface area contributed by atoms with Crippen molar-refractivity contribution in [3.8, 4) is 11.5 Å². The van der Waals surface area contributed by atoms with Crippen LogP contribution in [0.1, 0.15) is 21.5 Å². The summed E-state index contributed by atoms with van der Waals surface area (Å²) in [6, 6.07) is 24.3. The van der Waals surface area contributed by atoms with E-state index in [9.17, 15) is 4.79 Å². The van der Waals surface area contributed by atoms with Crippen molar-refractivity contribution in [3.63, 3.8) is 0 Å². The fourth-order valence-electron chi connectivity index (χ4n) is 2.36. The number of carbonyl (C=O) groups excluding carboxylic acids is 1. The first-order valence-electron chi connectivity index (χ1n) is 8.49. The van der Waals surface area contributed by atoms with Gasteiger partial charge >= 0.3 is 0 Å². The quantitative estimate of drug-likeness (QED) is 0.511. The fraction of sp³-hybridized carbons (Fsp3) is 0.0909. The van der Waals surface area contributed by atoms with E-state index >= 15 is 0 Å². The van der Waals surface area contributed by atoms with E-state index in [1.54, 1.807) is 37.6 Å². The third-order valence-corrected chi connectivity index (χ3v) is 3.86. The van der Waals surface area contributed by atoms with Crippen molar-refractivity contribution in [1.82, 2.24) is 5.43 Å². The van der Waals surface area contributed by atoms with Crippen LogP contribution in [0.2, 0.25) is 0 Å². The third kappa shape index (κ3) is 5.44. The van der Waals surface area contributed by atoms with Crippen LogP contribution in [0.5, 0.6) is 11.5 Å². The lowest BCUT2D eigenvalue weighted by Gasteiger charge is -2.06. The van der Waals surface area contributed by atoms with Crippen LogP contribution < -0.4 is 14.9 Å². The molecular weight excluding hydrogens is 340 g/mol. The molecule has 0 aliphatic heterocycles. The molecule has 3 rings (SSSR count). The van der Waals surface area contributed by atoms with E-state index in [-0.39, 0.29) is 5.91 Å². The van der Waals surface area contributed by atoms with E-state index < -0.39 is 0 Å². The molecular formula is C22H20N2O3. The summed E-state index contributed by atoms with van der Waals surface area (Å²) in [6.45, 7) is 0.520. The van der Waals surface area contributed by atoms with Gasteiger partial charge in [0.05, 0.1) is 13.3 Å². The molecule has 0 aromatic heterocycles. The monoisotopic (exact) mass is 360 g/mol. The maximum Gasteiger partial charge on any atom is 0.271 e. The molecule has 0 spiro atoms. The molecule has 0 radical (unpaired) electrons. The van der Waals surface area contributed by atoms with Gasteiger partial charge < -0.3 is 9.47 Å². The van der Waals surface area contributed by atoms with Gasteiger partial charge in [0, 0.05) is 5.56 Å². The van der Waals surface area contributed by atoms with Crippen LogP contribution in [0.25, 0.3) is 0 Å². The molecule has 0 saturated carbocycles. The number of amides is 1. The molecule has 5 nitrogen and oxygen atoms in total. The van der Waals surface area contributed by atoms with Gasteiger partial charge in [0.15, 0.2) is 0 Å². The summed E-state index contributed by atoms with van der Waals surface area (Å²) in [5, 5.41) is 3.99. The lowest BCUT2D eigenvalue weighted by Crippen LogP contribution is -2.17. The normalized spacial score (nSPS) is 10.6. The molecule has 0 fully saturated rings. The zero-order chi connectivity index (χ0) is 18.9. The summed E-state index contributed by atoms with van der Waals surface area (Å²) in [5.74, 6) is 1.19. The number of hydrogen-bond donors (Lipinski definition) is 1. The minimum absolute atomic E-state index is 0.281. The summed E-state index contributed by atoms with van der Waals surface area (Å²) in [7, 11) is 1.58. The second-order valence-corrected chi connectivity index (χ2v) is 5.77. The van der Waals surface area contributed by atoms with Crippen LogP contribution in [0.4, 0.5) is 0 Å². The van der Waals surface area contributed by atoms with Gasteiger partial charge in [0.25, 0.3) is 5.91 Å². The number of ether oxygens (including phenoxy) is 2. The molecule has 27 heavy (non-hydrogen) atoms.